The Labute approximate surface area is 114 Å². The van der Waals surface area contributed by atoms with Crippen molar-refractivity contribution in [3.8, 4) is 0 Å². The van der Waals surface area contributed by atoms with Gasteiger partial charge in [0, 0.05) is 12.6 Å². The molecule has 0 spiro atoms. The maximum Gasteiger partial charge on any atom is 0.420 e. The van der Waals surface area contributed by atoms with Crippen molar-refractivity contribution in [3.05, 3.63) is 12.2 Å². The number of carbonyl (C=O) groups is 2. The molecule has 0 aromatic heterocycles. The van der Waals surface area contributed by atoms with Crippen LogP contribution in [-0.4, -0.2) is 47.7 Å². The van der Waals surface area contributed by atoms with E-state index in [4.69, 9.17) is 0 Å². The Morgan fingerprint density at radius 1 is 1.50 bits per heavy atom. The number of nitrogens with zero attached hydrogens (tertiary/aromatic N) is 1. The van der Waals surface area contributed by atoms with Crippen LogP contribution in [0.3, 0.4) is 0 Å². The summed E-state index contributed by atoms with van der Waals surface area (Å²) in [5.41, 5.74) is -2.36. The molecule has 2 aliphatic rings. The van der Waals surface area contributed by atoms with E-state index in [2.05, 4.69) is 11.9 Å². The van der Waals surface area contributed by atoms with Gasteiger partial charge in [-0.25, -0.2) is 4.79 Å². The monoisotopic (exact) mass is 291 g/mol. The number of urea groups is 1. The molecule has 0 aromatic rings. The summed E-state index contributed by atoms with van der Waals surface area (Å²) in [6.45, 7) is 4.51. The summed E-state index contributed by atoms with van der Waals surface area (Å²) in [4.78, 5) is 24.0. The first-order valence-corrected chi connectivity index (χ1v) is 6.26. The minimum atomic E-state index is -4.83. The van der Waals surface area contributed by atoms with Gasteiger partial charge in [-0.3, -0.25) is 9.69 Å². The smallest absolute Gasteiger partial charge is 0.316 e. The van der Waals surface area contributed by atoms with Crippen molar-refractivity contribution in [1.29, 1.82) is 0 Å². The van der Waals surface area contributed by atoms with Crippen LogP contribution < -0.4 is 10.6 Å². The highest BCUT2D eigenvalue weighted by atomic mass is 19.4. The van der Waals surface area contributed by atoms with Crippen molar-refractivity contribution in [3.63, 3.8) is 0 Å². The number of imide groups is 1. The van der Waals surface area contributed by atoms with Crippen molar-refractivity contribution in [1.82, 2.24) is 15.5 Å². The lowest BCUT2D eigenvalue weighted by Crippen LogP contribution is -2.56. The minimum absolute atomic E-state index is 0.212. The van der Waals surface area contributed by atoms with Gasteiger partial charge in [0.2, 0.25) is 5.54 Å². The molecule has 1 aliphatic heterocycles. The number of amides is 3. The van der Waals surface area contributed by atoms with Crippen LogP contribution in [-0.2, 0) is 4.79 Å². The minimum Gasteiger partial charge on any atom is -0.316 e. The molecule has 0 bridgehead atoms. The molecule has 2 fully saturated rings. The van der Waals surface area contributed by atoms with Crippen LogP contribution in [0.4, 0.5) is 18.0 Å². The van der Waals surface area contributed by atoms with E-state index in [0.717, 1.165) is 12.8 Å². The van der Waals surface area contributed by atoms with E-state index in [1.165, 1.54) is 0 Å². The largest absolute Gasteiger partial charge is 0.420 e. The average molecular weight is 291 g/mol. The number of carbonyl (C=O) groups excluding carboxylic acids is 2. The number of nitrogens with one attached hydrogen (secondary N) is 2. The number of halogens is 3. The fourth-order valence-corrected chi connectivity index (χ4v) is 1.89. The van der Waals surface area contributed by atoms with Crippen LogP contribution in [0.25, 0.3) is 0 Å². The standard InChI is InChI=1S/C12H16F3N3O2/c1-7(5-16-8-3-4-8)6-18-9(19)11(2,12(13,14)15)17-10(18)20/h8,16H,1,3-6H2,2H3,(H,17,20). The predicted molar refractivity (Wildman–Crippen MR) is 64.9 cm³/mol. The third-order valence-electron chi connectivity index (χ3n) is 3.44. The first-order chi connectivity index (χ1) is 9.15. The molecule has 1 saturated carbocycles. The predicted octanol–water partition coefficient (Wildman–Crippen LogP) is 1.17. The molecule has 0 radical (unpaired) electrons. The highest BCUT2D eigenvalue weighted by Crippen LogP contribution is 2.35. The lowest BCUT2D eigenvalue weighted by atomic mass is 10.0. The Bertz CT molecular complexity index is 459. The zero-order valence-electron chi connectivity index (χ0n) is 11.0. The van der Waals surface area contributed by atoms with Gasteiger partial charge >= 0.3 is 12.2 Å². The molecule has 1 aliphatic carbocycles. The van der Waals surface area contributed by atoms with Crippen LogP contribution in [0.15, 0.2) is 12.2 Å². The second-order valence-corrected chi connectivity index (χ2v) is 5.35. The molecule has 112 valence electrons. The topological polar surface area (TPSA) is 61.4 Å². The van der Waals surface area contributed by atoms with Crippen molar-refractivity contribution >= 4 is 11.9 Å². The van der Waals surface area contributed by atoms with E-state index in [0.29, 0.717) is 30.0 Å². The van der Waals surface area contributed by atoms with E-state index in [1.54, 1.807) is 5.32 Å². The van der Waals surface area contributed by atoms with Gasteiger partial charge in [-0.2, -0.15) is 13.2 Å². The summed E-state index contributed by atoms with van der Waals surface area (Å²) in [7, 11) is 0. The highest BCUT2D eigenvalue weighted by molar-refractivity contribution is 6.07. The molecule has 1 atom stereocenters. The van der Waals surface area contributed by atoms with E-state index >= 15 is 0 Å². The van der Waals surface area contributed by atoms with Gasteiger partial charge in [0.1, 0.15) is 0 Å². The van der Waals surface area contributed by atoms with Crippen molar-refractivity contribution in [2.24, 2.45) is 0 Å². The Kier molecular flexibility index (Phi) is 3.53. The molecule has 3 amide bonds. The Morgan fingerprint density at radius 2 is 2.10 bits per heavy atom. The van der Waals surface area contributed by atoms with Crippen molar-refractivity contribution in [2.75, 3.05) is 13.1 Å². The third kappa shape index (κ3) is 2.65. The first kappa shape index (κ1) is 14.8. The number of hydrogen-bond acceptors (Lipinski definition) is 3. The number of hydrogen-bond donors (Lipinski definition) is 2. The zero-order valence-corrected chi connectivity index (χ0v) is 11.0. The molecular weight excluding hydrogens is 275 g/mol. The summed E-state index contributed by atoms with van der Waals surface area (Å²) >= 11 is 0. The summed E-state index contributed by atoms with van der Waals surface area (Å²) in [6, 6.07) is -0.627. The molecule has 0 aromatic carbocycles. The molecule has 2 N–H and O–H groups in total. The van der Waals surface area contributed by atoms with Gasteiger partial charge in [0.25, 0.3) is 5.91 Å². The fourth-order valence-electron chi connectivity index (χ4n) is 1.89. The molecule has 1 saturated heterocycles. The van der Waals surface area contributed by atoms with Gasteiger partial charge in [-0.15, -0.1) is 0 Å². The molecule has 20 heavy (non-hydrogen) atoms. The second-order valence-electron chi connectivity index (χ2n) is 5.35. The van der Waals surface area contributed by atoms with Crippen LogP contribution in [0, 0.1) is 0 Å². The van der Waals surface area contributed by atoms with Gasteiger partial charge in [-0.05, 0) is 25.3 Å². The van der Waals surface area contributed by atoms with Gasteiger partial charge in [0.15, 0.2) is 0 Å². The van der Waals surface area contributed by atoms with Crippen molar-refractivity contribution in [2.45, 2.75) is 37.5 Å². The maximum absolute atomic E-state index is 12.8. The van der Waals surface area contributed by atoms with Crippen LogP contribution in [0.5, 0.6) is 0 Å². The molecule has 2 rings (SSSR count). The normalized spacial score (nSPS) is 26.9. The molecule has 1 unspecified atom stereocenters. The van der Waals surface area contributed by atoms with Crippen LogP contribution in [0.1, 0.15) is 19.8 Å². The Morgan fingerprint density at radius 3 is 2.55 bits per heavy atom. The molecular formula is C12H16F3N3O2. The van der Waals surface area contributed by atoms with Crippen molar-refractivity contribution < 1.29 is 22.8 Å². The summed E-state index contributed by atoms with van der Waals surface area (Å²) in [5.74, 6) is -1.29. The second kappa shape index (κ2) is 4.76. The van der Waals surface area contributed by atoms with Gasteiger partial charge in [-0.1, -0.05) is 6.58 Å². The van der Waals surface area contributed by atoms with Gasteiger partial charge < -0.3 is 10.6 Å². The summed E-state index contributed by atoms with van der Waals surface area (Å²) in [5, 5.41) is 4.82. The first-order valence-electron chi connectivity index (χ1n) is 6.26. The average Bonchev–Trinajstić information content (AvgIpc) is 3.11. The highest BCUT2D eigenvalue weighted by Gasteiger charge is 2.64. The number of alkyl halides is 3. The fraction of sp³-hybridized carbons (Fsp3) is 0.667. The lowest BCUT2D eigenvalue weighted by molar-refractivity contribution is -0.190. The summed E-state index contributed by atoms with van der Waals surface area (Å²) in [6.07, 6.45) is -2.72. The van der Waals surface area contributed by atoms with E-state index in [9.17, 15) is 22.8 Å². The zero-order chi connectivity index (χ0) is 15.1. The SMILES string of the molecule is C=C(CNC1CC1)CN1C(=O)NC(C)(C(F)(F)F)C1=O. The maximum atomic E-state index is 12.8. The quantitative estimate of drug-likeness (QED) is 0.590. The van der Waals surface area contributed by atoms with Crippen LogP contribution in [0.2, 0.25) is 0 Å². The number of rotatable bonds is 5. The Balaban J connectivity index is 1.99. The Hall–Kier alpha value is -1.57. The molecule has 8 heteroatoms. The lowest BCUT2D eigenvalue weighted by Gasteiger charge is -2.24. The molecule has 1 heterocycles. The third-order valence-corrected chi connectivity index (χ3v) is 3.44. The summed E-state index contributed by atoms with van der Waals surface area (Å²) < 4.78 is 38.5. The van der Waals surface area contributed by atoms with Crippen LogP contribution >= 0.6 is 0 Å². The van der Waals surface area contributed by atoms with E-state index in [-0.39, 0.29) is 6.54 Å². The van der Waals surface area contributed by atoms with E-state index in [1.807, 2.05) is 0 Å². The van der Waals surface area contributed by atoms with E-state index < -0.39 is 23.7 Å². The van der Waals surface area contributed by atoms with Gasteiger partial charge in [0.05, 0.1) is 6.54 Å². The molecule has 5 nitrogen and oxygen atoms in total.